The largest absolute Gasteiger partial charge is 0.416 e. The molecule has 1 atom stereocenters. The number of nitrogens with one attached hydrogen (secondary N) is 1. The quantitative estimate of drug-likeness (QED) is 0.449. The minimum absolute atomic E-state index is 0.146. The first-order valence-corrected chi connectivity index (χ1v) is 10.5. The van der Waals surface area contributed by atoms with Gasteiger partial charge in [0.2, 0.25) is 0 Å². The smallest absolute Gasteiger partial charge is 0.394 e. The van der Waals surface area contributed by atoms with E-state index in [2.05, 4.69) is 9.69 Å². The van der Waals surface area contributed by atoms with Gasteiger partial charge < -0.3 is 10.4 Å². The zero-order valence-corrected chi connectivity index (χ0v) is 17.6. The van der Waals surface area contributed by atoms with E-state index in [9.17, 15) is 23.1 Å². The van der Waals surface area contributed by atoms with Gasteiger partial charge in [-0.15, -0.1) is 0 Å². The summed E-state index contributed by atoms with van der Waals surface area (Å²) in [5, 5.41) is 13.8. The maximum absolute atomic E-state index is 13.0. The number of amides is 1. The Morgan fingerprint density at radius 1 is 1.23 bits per heavy atom. The molecule has 0 saturated carbocycles. The molecule has 2 heterocycles. The fourth-order valence-electron chi connectivity index (χ4n) is 3.62. The first-order chi connectivity index (χ1) is 14.7. The summed E-state index contributed by atoms with van der Waals surface area (Å²) in [5.74, 6) is -0.293. The van der Waals surface area contributed by atoms with Crippen LogP contribution < -0.4 is 5.32 Å². The molecule has 4 aromatic rings. The summed E-state index contributed by atoms with van der Waals surface area (Å²) in [6, 6.07) is 9.81. The Labute approximate surface area is 180 Å². The molecule has 0 radical (unpaired) electrons. The maximum atomic E-state index is 13.0. The normalized spacial score (nSPS) is 13.1. The Balaban J connectivity index is 1.84. The van der Waals surface area contributed by atoms with Gasteiger partial charge in [0.05, 0.1) is 23.7 Å². The summed E-state index contributed by atoms with van der Waals surface area (Å²) in [5.41, 5.74) is 1.67. The van der Waals surface area contributed by atoms with Crippen LogP contribution in [0.3, 0.4) is 0 Å². The van der Waals surface area contributed by atoms with Crippen molar-refractivity contribution in [2.75, 3.05) is 6.61 Å². The number of hydrogen-bond donors (Lipinski definition) is 2. The fourth-order valence-corrected chi connectivity index (χ4v) is 4.31. The maximum Gasteiger partial charge on any atom is 0.416 e. The van der Waals surface area contributed by atoms with E-state index >= 15 is 0 Å². The van der Waals surface area contributed by atoms with E-state index in [1.165, 1.54) is 23.7 Å². The van der Waals surface area contributed by atoms with E-state index in [4.69, 9.17) is 0 Å². The third-order valence-electron chi connectivity index (χ3n) is 5.33. The van der Waals surface area contributed by atoms with Crippen LogP contribution in [-0.2, 0) is 6.18 Å². The van der Waals surface area contributed by atoms with E-state index in [-0.39, 0.29) is 18.6 Å². The molecular formula is C22H20F3N3O2S. The molecule has 0 spiro atoms. The molecule has 2 aromatic heterocycles. The summed E-state index contributed by atoms with van der Waals surface area (Å²) in [4.78, 5) is 13.6. The van der Waals surface area contributed by atoms with Crippen LogP contribution in [0.1, 0.15) is 34.1 Å². The van der Waals surface area contributed by atoms with Crippen molar-refractivity contribution in [2.24, 2.45) is 0 Å². The average molecular weight is 447 g/mol. The predicted octanol–water partition coefficient (Wildman–Crippen LogP) is 5.07. The van der Waals surface area contributed by atoms with Gasteiger partial charge in [-0.3, -0.25) is 9.36 Å². The first kappa shape index (κ1) is 21.3. The molecule has 0 saturated heterocycles. The van der Waals surface area contributed by atoms with Crippen molar-refractivity contribution < 1.29 is 23.1 Å². The first-order valence-electron chi connectivity index (χ1n) is 9.74. The molecule has 0 aliphatic carbocycles. The molecule has 0 aliphatic rings. The standard InChI is InChI=1S/C22H20F3N3O2S/c1-3-15(11-29)26-21(30)13-4-9-18-17(10-13)19-12(2)31-27-20(19)28(18)16-7-5-14(6-8-16)22(23,24)25/h4-10,15,29H,3,11H2,1-2H3,(H,26,30)/t15-/m1/s1. The second-order valence-electron chi connectivity index (χ2n) is 7.31. The Kier molecular flexibility index (Phi) is 5.49. The predicted molar refractivity (Wildman–Crippen MR) is 115 cm³/mol. The van der Waals surface area contributed by atoms with E-state index in [0.717, 1.165) is 33.3 Å². The van der Waals surface area contributed by atoms with Crippen molar-refractivity contribution in [2.45, 2.75) is 32.5 Å². The van der Waals surface area contributed by atoms with Crippen LogP contribution in [0.4, 0.5) is 13.2 Å². The third-order valence-corrected chi connectivity index (χ3v) is 6.07. The number of alkyl halides is 3. The van der Waals surface area contributed by atoms with E-state index in [1.54, 1.807) is 22.8 Å². The van der Waals surface area contributed by atoms with Gasteiger partial charge in [0, 0.05) is 26.9 Å². The molecule has 0 fully saturated rings. The molecule has 5 nitrogen and oxygen atoms in total. The van der Waals surface area contributed by atoms with E-state index < -0.39 is 11.7 Å². The second-order valence-corrected chi connectivity index (χ2v) is 8.29. The molecule has 0 aliphatic heterocycles. The van der Waals surface area contributed by atoms with Crippen molar-refractivity contribution in [1.82, 2.24) is 14.3 Å². The van der Waals surface area contributed by atoms with Crippen molar-refractivity contribution >= 4 is 39.4 Å². The summed E-state index contributed by atoms with van der Waals surface area (Å²) >= 11 is 1.30. The Hall–Kier alpha value is -2.91. The Morgan fingerprint density at radius 3 is 2.55 bits per heavy atom. The summed E-state index contributed by atoms with van der Waals surface area (Å²) in [7, 11) is 0. The van der Waals surface area contributed by atoms with Gasteiger partial charge in [-0.05, 0) is 67.3 Å². The van der Waals surface area contributed by atoms with Crippen LogP contribution in [-0.4, -0.2) is 32.6 Å². The Morgan fingerprint density at radius 2 is 1.94 bits per heavy atom. The number of aryl methyl sites for hydroxylation is 1. The number of fused-ring (bicyclic) bond motifs is 3. The molecule has 9 heteroatoms. The zero-order chi connectivity index (χ0) is 22.3. The molecular weight excluding hydrogens is 427 g/mol. The van der Waals surface area contributed by atoms with Gasteiger partial charge in [-0.2, -0.15) is 17.5 Å². The SMILES string of the molecule is CC[C@H](CO)NC(=O)c1ccc2c(c1)c1c(C)snc1n2-c1ccc(C(F)(F)F)cc1. The van der Waals surface area contributed by atoms with Gasteiger partial charge in [-0.25, -0.2) is 0 Å². The van der Waals surface area contributed by atoms with Gasteiger partial charge in [-0.1, -0.05) is 6.92 Å². The van der Waals surface area contributed by atoms with Crippen molar-refractivity contribution in [3.05, 3.63) is 58.5 Å². The van der Waals surface area contributed by atoms with Gasteiger partial charge in [0.25, 0.3) is 5.91 Å². The summed E-state index contributed by atoms with van der Waals surface area (Å²) < 4.78 is 45.2. The second kappa shape index (κ2) is 7.97. The molecule has 0 unspecified atom stereocenters. The van der Waals surface area contributed by atoms with Crippen LogP contribution in [0.2, 0.25) is 0 Å². The number of benzene rings is 2. The molecule has 162 valence electrons. The highest BCUT2D eigenvalue weighted by molar-refractivity contribution is 7.07. The lowest BCUT2D eigenvalue weighted by Crippen LogP contribution is -2.36. The number of nitrogens with zero attached hydrogens (tertiary/aromatic N) is 2. The highest BCUT2D eigenvalue weighted by atomic mass is 32.1. The molecule has 2 N–H and O–H groups in total. The third kappa shape index (κ3) is 3.79. The minimum Gasteiger partial charge on any atom is -0.394 e. The number of aliphatic hydroxyl groups is 1. The number of hydrogen-bond acceptors (Lipinski definition) is 4. The van der Waals surface area contributed by atoms with Crippen LogP contribution in [0.15, 0.2) is 42.5 Å². The monoisotopic (exact) mass is 447 g/mol. The van der Waals surface area contributed by atoms with E-state index in [0.29, 0.717) is 23.3 Å². The topological polar surface area (TPSA) is 67.2 Å². The molecule has 1 amide bonds. The van der Waals surface area contributed by atoms with Crippen molar-refractivity contribution in [3.63, 3.8) is 0 Å². The van der Waals surface area contributed by atoms with Gasteiger partial charge in [0.1, 0.15) is 0 Å². The van der Waals surface area contributed by atoms with Gasteiger partial charge >= 0.3 is 6.18 Å². The average Bonchev–Trinajstić information content (AvgIpc) is 3.28. The van der Waals surface area contributed by atoms with Crippen molar-refractivity contribution in [1.29, 1.82) is 0 Å². The number of halogens is 3. The fraction of sp³-hybridized carbons (Fsp3) is 0.273. The molecule has 31 heavy (non-hydrogen) atoms. The lowest BCUT2D eigenvalue weighted by molar-refractivity contribution is -0.137. The van der Waals surface area contributed by atoms with Crippen LogP contribution in [0.5, 0.6) is 0 Å². The lowest BCUT2D eigenvalue weighted by Gasteiger charge is -2.14. The summed E-state index contributed by atoms with van der Waals surface area (Å²) in [6.45, 7) is 3.65. The van der Waals surface area contributed by atoms with E-state index in [1.807, 2.05) is 13.8 Å². The highest BCUT2D eigenvalue weighted by Crippen LogP contribution is 2.37. The van der Waals surface area contributed by atoms with Crippen LogP contribution in [0.25, 0.3) is 27.6 Å². The summed E-state index contributed by atoms with van der Waals surface area (Å²) in [6.07, 6.45) is -3.80. The number of carbonyl (C=O) groups excluding carboxylic acids is 1. The minimum atomic E-state index is -4.41. The number of rotatable bonds is 5. The zero-order valence-electron chi connectivity index (χ0n) is 16.8. The number of aromatic nitrogens is 2. The van der Waals surface area contributed by atoms with Crippen LogP contribution in [0, 0.1) is 6.92 Å². The highest BCUT2D eigenvalue weighted by Gasteiger charge is 2.30. The number of carbonyl (C=O) groups is 1. The van der Waals surface area contributed by atoms with Crippen LogP contribution >= 0.6 is 11.5 Å². The number of aliphatic hydroxyl groups excluding tert-OH is 1. The molecule has 4 rings (SSSR count). The van der Waals surface area contributed by atoms with Gasteiger partial charge in [0.15, 0.2) is 5.65 Å². The molecule has 0 bridgehead atoms. The molecule has 2 aromatic carbocycles. The van der Waals surface area contributed by atoms with Crippen molar-refractivity contribution in [3.8, 4) is 5.69 Å². The lowest BCUT2D eigenvalue weighted by atomic mass is 10.1. The Bertz CT molecular complexity index is 1260.